The summed E-state index contributed by atoms with van der Waals surface area (Å²) in [5.74, 6) is -1.45. The predicted octanol–water partition coefficient (Wildman–Crippen LogP) is 9.38. The normalized spacial score (nSPS) is 14.6. The predicted molar refractivity (Wildman–Crippen MR) is 241 cm³/mol. The van der Waals surface area contributed by atoms with E-state index in [-0.39, 0.29) is 27.9 Å². The minimum absolute atomic E-state index is 0.0914. The maximum Gasteiger partial charge on any atom is 0.335 e. The number of carbonyl (C=O) groups excluding carboxylic acids is 1. The monoisotopic (exact) mass is 861 g/mol. The van der Waals surface area contributed by atoms with Crippen molar-refractivity contribution in [3.8, 4) is 22.3 Å². The van der Waals surface area contributed by atoms with Gasteiger partial charge in [0.1, 0.15) is 11.6 Å². The van der Waals surface area contributed by atoms with Crippen molar-refractivity contribution in [3.63, 3.8) is 0 Å². The molecule has 14 heteroatoms. The molecule has 4 aromatic carbocycles. The second kappa shape index (κ2) is 15.2. The number of nitrogens with one attached hydrogen (secondary N) is 1. The van der Waals surface area contributed by atoms with E-state index in [1.165, 1.54) is 36.4 Å². The van der Waals surface area contributed by atoms with E-state index in [9.17, 15) is 18.4 Å². The SMILES string of the molecule is CNC(=O)c1ccc(-c2cnc3ncc(C4(c5ccc6ncccc6c5)CC4)n3c2)c(F)c1.O=C(O)c1ccc(-c2cnc3ncc(C4(c5ccc6ncccc6c5)CC4)n3c2)c(F)c1. The molecule has 12 rings (SSSR count). The van der Waals surface area contributed by atoms with Gasteiger partial charge in [-0.15, -0.1) is 0 Å². The fourth-order valence-corrected chi connectivity index (χ4v) is 9.03. The summed E-state index contributed by atoms with van der Waals surface area (Å²) in [6.45, 7) is 0. The first-order chi connectivity index (χ1) is 31.6. The van der Waals surface area contributed by atoms with Crippen LogP contribution in [0.3, 0.4) is 0 Å². The Morgan fingerprint density at radius 1 is 0.585 bits per heavy atom. The summed E-state index contributed by atoms with van der Waals surface area (Å²) >= 11 is 0. The summed E-state index contributed by atoms with van der Waals surface area (Å²) in [6.07, 6.45) is 18.2. The van der Waals surface area contributed by atoms with Crippen LogP contribution < -0.4 is 5.32 Å². The molecule has 2 aliphatic rings. The summed E-state index contributed by atoms with van der Waals surface area (Å²) in [7, 11) is 1.52. The Kier molecular flexibility index (Phi) is 9.27. The molecule has 0 unspecified atom stereocenters. The van der Waals surface area contributed by atoms with Gasteiger partial charge >= 0.3 is 5.97 Å². The van der Waals surface area contributed by atoms with Crippen molar-refractivity contribution < 1.29 is 23.5 Å². The lowest BCUT2D eigenvalue weighted by Gasteiger charge is -2.17. The molecule has 2 aliphatic carbocycles. The van der Waals surface area contributed by atoms with E-state index in [1.807, 2.05) is 51.8 Å². The Balaban J connectivity index is 0.000000144. The van der Waals surface area contributed by atoms with Gasteiger partial charge in [0.25, 0.3) is 5.91 Å². The molecular weight excluding hydrogens is 825 g/mol. The number of aromatic nitrogens is 8. The molecule has 0 atom stereocenters. The van der Waals surface area contributed by atoms with Gasteiger partial charge in [0.15, 0.2) is 0 Å². The average Bonchev–Trinajstić information content (AvgIpc) is 4.25. The summed E-state index contributed by atoms with van der Waals surface area (Å²) in [4.78, 5) is 49.7. The van der Waals surface area contributed by atoms with Crippen molar-refractivity contribution in [1.29, 1.82) is 0 Å². The van der Waals surface area contributed by atoms with E-state index in [2.05, 4.69) is 77.7 Å². The van der Waals surface area contributed by atoms with E-state index in [4.69, 9.17) is 5.11 Å². The topological polar surface area (TPSA) is 153 Å². The third-order valence-corrected chi connectivity index (χ3v) is 12.8. The number of halogens is 2. The number of aromatic carboxylic acids is 1. The number of amides is 1. The molecule has 318 valence electrons. The number of pyridine rings is 2. The van der Waals surface area contributed by atoms with Gasteiger partial charge in [0.2, 0.25) is 11.6 Å². The van der Waals surface area contributed by atoms with E-state index < -0.39 is 17.6 Å². The van der Waals surface area contributed by atoms with Crippen molar-refractivity contribution in [2.75, 3.05) is 7.05 Å². The fourth-order valence-electron chi connectivity index (χ4n) is 9.03. The second-order valence-corrected chi connectivity index (χ2v) is 16.6. The highest BCUT2D eigenvalue weighted by atomic mass is 19.1. The lowest BCUT2D eigenvalue weighted by atomic mass is 9.91. The minimum Gasteiger partial charge on any atom is -0.478 e. The molecule has 6 heterocycles. The van der Waals surface area contributed by atoms with Crippen LogP contribution in [-0.2, 0) is 10.8 Å². The van der Waals surface area contributed by atoms with Crippen molar-refractivity contribution in [3.05, 3.63) is 192 Å². The van der Waals surface area contributed by atoms with Gasteiger partial charge in [-0.3, -0.25) is 23.6 Å². The standard InChI is InChI=1S/C26H20FN5O.C25H17FN4O2/c1-28-24(33)17-4-6-20(21(27)12-17)18-13-30-25-31-14-23(32(25)15-18)26(8-9-26)19-5-7-22-16(11-19)3-2-10-29-22;26-20-11-16(23(31)32)3-5-19(20)17-12-28-24-29-13-22(30(24)14-17)25(7-8-25)18-4-6-21-15(10-18)2-1-9-27-21/h2-7,10-15H,8-9H2,1H3,(H,28,33);1-6,9-14H,7-8H2,(H,31,32). The van der Waals surface area contributed by atoms with Crippen LogP contribution in [0.25, 0.3) is 55.6 Å². The largest absolute Gasteiger partial charge is 0.478 e. The van der Waals surface area contributed by atoms with Crippen molar-refractivity contribution in [1.82, 2.24) is 44.0 Å². The minimum atomic E-state index is -1.16. The Hall–Kier alpha value is -8.26. The number of carbonyl (C=O) groups is 2. The molecule has 12 nitrogen and oxygen atoms in total. The third kappa shape index (κ3) is 6.81. The van der Waals surface area contributed by atoms with Crippen molar-refractivity contribution >= 4 is 45.2 Å². The first-order valence-electron chi connectivity index (χ1n) is 21.1. The van der Waals surface area contributed by atoms with E-state index in [0.717, 1.165) is 64.9 Å². The van der Waals surface area contributed by atoms with Gasteiger partial charge < -0.3 is 10.4 Å². The molecule has 0 aliphatic heterocycles. The highest BCUT2D eigenvalue weighted by molar-refractivity contribution is 5.94. The third-order valence-electron chi connectivity index (χ3n) is 12.8. The molecule has 2 fully saturated rings. The van der Waals surface area contributed by atoms with Crippen LogP contribution >= 0.6 is 0 Å². The van der Waals surface area contributed by atoms with Crippen LogP contribution in [0.5, 0.6) is 0 Å². The van der Waals surface area contributed by atoms with Gasteiger partial charge in [-0.05, 0) is 97.5 Å². The van der Waals surface area contributed by atoms with Crippen LogP contribution in [0.15, 0.2) is 147 Å². The fraction of sp³-hybridized carbons (Fsp3) is 0.137. The Labute approximate surface area is 369 Å². The zero-order valence-electron chi connectivity index (χ0n) is 34.8. The van der Waals surface area contributed by atoms with Gasteiger partial charge in [-0.1, -0.05) is 36.4 Å². The zero-order chi connectivity index (χ0) is 44.5. The molecule has 0 spiro atoms. The molecule has 10 aromatic rings. The summed E-state index contributed by atoms with van der Waals surface area (Å²) in [5, 5.41) is 13.8. The van der Waals surface area contributed by atoms with Crippen molar-refractivity contribution in [2.45, 2.75) is 36.5 Å². The van der Waals surface area contributed by atoms with Gasteiger partial charge in [-0.2, -0.15) is 0 Å². The maximum atomic E-state index is 14.9. The molecule has 65 heavy (non-hydrogen) atoms. The van der Waals surface area contributed by atoms with Crippen LogP contribution in [0.1, 0.15) is 68.9 Å². The Morgan fingerprint density at radius 2 is 1.05 bits per heavy atom. The molecule has 0 radical (unpaired) electrons. The summed E-state index contributed by atoms with van der Waals surface area (Å²) in [5.41, 5.74) is 8.12. The number of rotatable bonds is 8. The van der Waals surface area contributed by atoms with E-state index in [1.54, 1.807) is 36.9 Å². The Bertz CT molecular complexity index is 3560. The molecule has 6 aromatic heterocycles. The first-order valence-corrected chi connectivity index (χ1v) is 21.1. The van der Waals surface area contributed by atoms with Crippen LogP contribution in [-0.4, -0.2) is 62.7 Å². The molecular formula is C51H37F2N9O3. The smallest absolute Gasteiger partial charge is 0.335 e. The van der Waals surface area contributed by atoms with Crippen LogP contribution in [0, 0.1) is 11.6 Å². The summed E-state index contributed by atoms with van der Waals surface area (Å²) in [6, 6.07) is 29.1. The Morgan fingerprint density at radius 3 is 1.49 bits per heavy atom. The van der Waals surface area contributed by atoms with Crippen LogP contribution in [0.2, 0.25) is 0 Å². The second-order valence-electron chi connectivity index (χ2n) is 16.6. The van der Waals surface area contributed by atoms with E-state index >= 15 is 0 Å². The number of carboxylic acid groups (broad SMARTS) is 1. The number of hydrogen-bond acceptors (Lipinski definition) is 8. The first kappa shape index (κ1) is 39.6. The van der Waals surface area contributed by atoms with Crippen molar-refractivity contribution in [2.24, 2.45) is 0 Å². The number of hydrogen-bond donors (Lipinski definition) is 2. The van der Waals surface area contributed by atoms with Gasteiger partial charge in [-0.25, -0.2) is 33.5 Å². The summed E-state index contributed by atoms with van der Waals surface area (Å²) < 4.78 is 33.4. The molecule has 1 amide bonds. The lowest BCUT2D eigenvalue weighted by Crippen LogP contribution is -2.17. The number of nitrogens with zero attached hydrogens (tertiary/aromatic N) is 8. The number of carboxylic acids is 1. The van der Waals surface area contributed by atoms with E-state index in [0.29, 0.717) is 33.8 Å². The van der Waals surface area contributed by atoms with Gasteiger partial charge in [0.05, 0.1) is 40.4 Å². The molecule has 2 N–H and O–H groups in total. The maximum absolute atomic E-state index is 14.9. The highest BCUT2D eigenvalue weighted by Gasteiger charge is 2.49. The van der Waals surface area contributed by atoms with Crippen LogP contribution in [0.4, 0.5) is 8.78 Å². The number of fused-ring (bicyclic) bond motifs is 4. The quantitative estimate of drug-likeness (QED) is 0.152. The highest BCUT2D eigenvalue weighted by Crippen LogP contribution is 2.55. The number of imidazole rings is 2. The lowest BCUT2D eigenvalue weighted by molar-refractivity contribution is 0.0696. The molecule has 0 saturated heterocycles. The molecule has 0 bridgehead atoms. The molecule has 2 saturated carbocycles. The zero-order valence-corrected chi connectivity index (χ0v) is 34.8. The average molecular weight is 862 g/mol. The number of benzene rings is 4. The van der Waals surface area contributed by atoms with Gasteiger partial charge in [0, 0.05) is 93.6 Å².